The number of hydrogen-bond donors (Lipinski definition) is 1. The molecule has 1 aromatic heterocycles. The number of likely N-dealkylation sites (N-methyl/N-ethyl adjacent to an activating group) is 1. The predicted molar refractivity (Wildman–Crippen MR) is 152 cm³/mol. The summed E-state index contributed by atoms with van der Waals surface area (Å²) < 4.78 is 10.9. The van der Waals surface area contributed by atoms with Crippen LogP contribution in [0.2, 0.25) is 10.0 Å². The van der Waals surface area contributed by atoms with Crippen molar-refractivity contribution in [2.75, 3.05) is 68.7 Å². The van der Waals surface area contributed by atoms with E-state index in [1.54, 1.807) is 31.6 Å². The minimum absolute atomic E-state index is 0.348. The van der Waals surface area contributed by atoms with Gasteiger partial charge in [0.25, 0.3) is 0 Å². The van der Waals surface area contributed by atoms with Crippen LogP contribution >= 0.6 is 34.5 Å². The summed E-state index contributed by atoms with van der Waals surface area (Å²) >= 11 is 15.0. The zero-order valence-electron chi connectivity index (χ0n) is 20.6. The number of anilines is 4. The number of amidine groups is 1. The number of nitrogens with zero attached hydrogens (tertiary/aromatic N) is 4. The number of aliphatic imine (C=N–C) groups is 1. The maximum absolute atomic E-state index is 6.71. The Hall–Kier alpha value is -2.65. The third kappa shape index (κ3) is 4.70. The number of halogens is 2. The summed E-state index contributed by atoms with van der Waals surface area (Å²) in [5.74, 6) is 1.81. The monoisotopic (exact) mass is 545 g/mol. The molecule has 5 rings (SSSR count). The fraction of sp³-hybridized carbons (Fsp3) is 0.346. The van der Waals surface area contributed by atoms with E-state index in [0.717, 1.165) is 54.8 Å². The van der Waals surface area contributed by atoms with Crippen LogP contribution in [0.5, 0.6) is 11.5 Å². The zero-order chi connectivity index (χ0) is 25.2. The SMILES string of the molecule is CCN1CCN(c2cccc(NC3=NCN(c4c(Cl)c(OC)cc(OC)c4Cl)c4ccsc43)c2)CC1. The van der Waals surface area contributed by atoms with Crippen molar-refractivity contribution in [1.82, 2.24) is 4.90 Å². The number of rotatable bonds is 6. The number of piperazine rings is 1. The summed E-state index contributed by atoms with van der Waals surface area (Å²) in [6, 6.07) is 12.3. The zero-order valence-corrected chi connectivity index (χ0v) is 22.9. The highest BCUT2D eigenvalue weighted by molar-refractivity contribution is 7.13. The van der Waals surface area contributed by atoms with Crippen LogP contribution in [-0.4, -0.2) is 64.3 Å². The lowest BCUT2D eigenvalue weighted by molar-refractivity contribution is 0.271. The van der Waals surface area contributed by atoms with Gasteiger partial charge in [-0.1, -0.05) is 36.2 Å². The van der Waals surface area contributed by atoms with Crippen LogP contribution in [0.3, 0.4) is 0 Å². The van der Waals surface area contributed by atoms with Crippen molar-refractivity contribution in [1.29, 1.82) is 0 Å². The van der Waals surface area contributed by atoms with Crippen molar-refractivity contribution in [2.24, 2.45) is 4.99 Å². The molecule has 0 atom stereocenters. The topological polar surface area (TPSA) is 52.6 Å². The van der Waals surface area contributed by atoms with Crippen molar-refractivity contribution >= 4 is 63.1 Å². The first kappa shape index (κ1) is 25.0. The van der Waals surface area contributed by atoms with E-state index in [0.29, 0.717) is 33.9 Å². The van der Waals surface area contributed by atoms with Crippen molar-refractivity contribution in [3.8, 4) is 11.5 Å². The summed E-state index contributed by atoms with van der Waals surface area (Å²) in [5, 5.41) is 6.43. The normalized spacial score (nSPS) is 16.0. The molecule has 0 radical (unpaired) electrons. The van der Waals surface area contributed by atoms with Gasteiger partial charge < -0.3 is 29.5 Å². The van der Waals surface area contributed by atoms with Gasteiger partial charge in [-0.25, -0.2) is 4.99 Å². The Morgan fingerprint density at radius 1 is 1.00 bits per heavy atom. The minimum atomic E-state index is 0.348. The minimum Gasteiger partial charge on any atom is -0.495 e. The summed E-state index contributed by atoms with van der Waals surface area (Å²) in [4.78, 5) is 12.8. The first-order chi connectivity index (χ1) is 17.5. The standard InChI is InChI=1S/C26H29Cl2N5O2S/c1-4-31-9-11-32(12-10-31)18-7-5-6-17(14-18)30-26-25-19(8-13-36-25)33(16-29-26)24-22(27)20(34-2)15-21(35-3)23(24)28/h5-8,13-15H,4,9-12,16H2,1-3H3,(H,29,30). The van der Waals surface area contributed by atoms with E-state index in [1.165, 1.54) is 5.69 Å². The summed E-state index contributed by atoms with van der Waals surface area (Å²) in [6.07, 6.45) is 0. The molecule has 1 N–H and O–H groups in total. The summed E-state index contributed by atoms with van der Waals surface area (Å²) in [5.41, 5.74) is 3.83. The van der Waals surface area contributed by atoms with Crippen LogP contribution < -0.4 is 24.6 Å². The highest BCUT2D eigenvalue weighted by Crippen LogP contribution is 2.49. The van der Waals surface area contributed by atoms with Crippen molar-refractivity contribution in [3.05, 3.63) is 56.7 Å². The van der Waals surface area contributed by atoms with E-state index in [2.05, 4.69) is 52.4 Å². The molecule has 2 aliphatic heterocycles. The number of ether oxygens (including phenoxy) is 2. The Bertz CT molecular complexity index is 1240. The number of methoxy groups -OCH3 is 2. The molecule has 0 amide bonds. The number of hydrogen-bond acceptors (Lipinski definition) is 8. The van der Waals surface area contributed by atoms with Crippen molar-refractivity contribution < 1.29 is 9.47 Å². The fourth-order valence-electron chi connectivity index (χ4n) is 4.62. The van der Waals surface area contributed by atoms with Gasteiger partial charge >= 0.3 is 0 Å². The van der Waals surface area contributed by atoms with E-state index in [4.69, 9.17) is 37.7 Å². The molecule has 36 heavy (non-hydrogen) atoms. The highest BCUT2D eigenvalue weighted by Gasteiger charge is 2.29. The second kappa shape index (κ2) is 10.8. The maximum Gasteiger partial charge on any atom is 0.146 e. The molecule has 190 valence electrons. The van der Waals surface area contributed by atoms with Gasteiger partial charge in [-0.2, -0.15) is 0 Å². The van der Waals surface area contributed by atoms with E-state index in [-0.39, 0.29) is 0 Å². The largest absolute Gasteiger partial charge is 0.495 e. The highest BCUT2D eigenvalue weighted by atomic mass is 35.5. The van der Waals surface area contributed by atoms with E-state index in [1.807, 2.05) is 10.3 Å². The van der Waals surface area contributed by atoms with Gasteiger partial charge in [0.1, 0.15) is 34.0 Å². The molecule has 7 nitrogen and oxygen atoms in total. The molecule has 2 aliphatic rings. The maximum atomic E-state index is 6.71. The van der Waals surface area contributed by atoms with Gasteiger partial charge in [0.05, 0.1) is 30.5 Å². The molecular weight excluding hydrogens is 517 g/mol. The molecule has 0 unspecified atom stereocenters. The number of nitrogens with one attached hydrogen (secondary N) is 1. The molecule has 1 fully saturated rings. The molecule has 3 aromatic rings. The summed E-state index contributed by atoms with van der Waals surface area (Å²) in [7, 11) is 3.14. The van der Waals surface area contributed by atoms with Gasteiger partial charge in [0, 0.05) is 43.6 Å². The second-order valence-corrected chi connectivity index (χ2v) is 10.2. The van der Waals surface area contributed by atoms with Crippen molar-refractivity contribution in [3.63, 3.8) is 0 Å². The molecule has 10 heteroatoms. The number of benzene rings is 2. The van der Waals surface area contributed by atoms with E-state index < -0.39 is 0 Å². The van der Waals surface area contributed by atoms with Gasteiger partial charge in [-0.05, 0) is 36.2 Å². The van der Waals surface area contributed by atoms with Crippen LogP contribution in [0.1, 0.15) is 11.8 Å². The molecule has 2 aromatic carbocycles. The average Bonchev–Trinajstić information content (AvgIpc) is 3.41. The average molecular weight is 547 g/mol. The van der Waals surface area contributed by atoms with Gasteiger partial charge in [0.15, 0.2) is 0 Å². The molecule has 0 aliphatic carbocycles. The Morgan fingerprint density at radius 2 is 1.72 bits per heavy atom. The van der Waals surface area contributed by atoms with Gasteiger partial charge in [0.2, 0.25) is 0 Å². The van der Waals surface area contributed by atoms with Crippen LogP contribution in [0.15, 0.2) is 46.8 Å². The smallest absolute Gasteiger partial charge is 0.146 e. The molecular formula is C26H29Cl2N5O2S. The van der Waals surface area contributed by atoms with Gasteiger partial charge in [-0.15, -0.1) is 11.3 Å². The number of fused-ring (bicyclic) bond motifs is 1. The number of thiophene rings is 1. The van der Waals surface area contributed by atoms with E-state index >= 15 is 0 Å². The lowest BCUT2D eigenvalue weighted by Crippen LogP contribution is -2.46. The predicted octanol–water partition coefficient (Wildman–Crippen LogP) is 6.18. The fourth-order valence-corrected chi connectivity index (χ4v) is 6.18. The lowest BCUT2D eigenvalue weighted by Gasteiger charge is -2.35. The Kier molecular flexibility index (Phi) is 7.48. The lowest BCUT2D eigenvalue weighted by atomic mass is 10.2. The summed E-state index contributed by atoms with van der Waals surface area (Å²) in [6.45, 7) is 7.93. The van der Waals surface area contributed by atoms with Crippen LogP contribution in [0, 0.1) is 0 Å². The first-order valence-electron chi connectivity index (χ1n) is 11.9. The quantitative estimate of drug-likeness (QED) is 0.399. The van der Waals surface area contributed by atoms with Gasteiger partial charge in [-0.3, -0.25) is 0 Å². The van der Waals surface area contributed by atoms with Crippen LogP contribution in [0.4, 0.5) is 22.7 Å². The first-order valence-corrected chi connectivity index (χ1v) is 13.5. The molecule has 0 bridgehead atoms. The second-order valence-electron chi connectivity index (χ2n) is 8.57. The third-order valence-electron chi connectivity index (χ3n) is 6.63. The van der Waals surface area contributed by atoms with Crippen LogP contribution in [-0.2, 0) is 0 Å². The molecule has 0 saturated carbocycles. The van der Waals surface area contributed by atoms with E-state index in [9.17, 15) is 0 Å². The molecule has 0 spiro atoms. The molecule has 3 heterocycles. The molecule has 1 saturated heterocycles. The third-order valence-corrected chi connectivity index (χ3v) is 8.28. The van der Waals surface area contributed by atoms with Crippen molar-refractivity contribution in [2.45, 2.75) is 6.92 Å². The van der Waals surface area contributed by atoms with Crippen LogP contribution in [0.25, 0.3) is 0 Å². The Labute approximate surface area is 225 Å². The Morgan fingerprint density at radius 3 is 2.39 bits per heavy atom. The Balaban J connectivity index is 1.41.